The Kier molecular flexibility index (Phi) is 4.67. The lowest BCUT2D eigenvalue weighted by molar-refractivity contribution is 0.390. The summed E-state index contributed by atoms with van der Waals surface area (Å²) >= 11 is 1.21. The molecule has 1 aliphatic rings. The van der Waals surface area contributed by atoms with Gasteiger partial charge < -0.3 is 15.0 Å². The number of rotatable bonds is 5. The first-order valence-corrected chi connectivity index (χ1v) is 9.78. The number of benzene rings is 1. The molecule has 3 heterocycles. The molecule has 2 atom stereocenters. The maximum absolute atomic E-state index is 14.8. The van der Waals surface area contributed by atoms with Gasteiger partial charge in [0.15, 0.2) is 5.75 Å². The van der Waals surface area contributed by atoms with E-state index in [0.29, 0.717) is 38.8 Å². The summed E-state index contributed by atoms with van der Waals surface area (Å²) in [5, 5.41) is 4.38. The highest BCUT2D eigenvalue weighted by Gasteiger charge is 2.30. The Balaban J connectivity index is 1.78. The van der Waals surface area contributed by atoms with Crippen molar-refractivity contribution in [1.29, 1.82) is 0 Å². The maximum Gasteiger partial charge on any atom is 0.168 e. The first-order chi connectivity index (χ1) is 12.7. The Morgan fingerprint density at radius 1 is 1.42 bits per heavy atom. The average molecular weight is 374 g/mol. The number of hydrogen-bond acceptors (Lipinski definition) is 6. The summed E-state index contributed by atoms with van der Waals surface area (Å²) < 4.78 is 24.6. The van der Waals surface area contributed by atoms with Gasteiger partial charge in [0.25, 0.3) is 0 Å². The molecule has 7 heteroatoms. The van der Waals surface area contributed by atoms with E-state index >= 15 is 0 Å². The number of fused-ring (bicyclic) bond motifs is 2. The summed E-state index contributed by atoms with van der Waals surface area (Å²) in [4.78, 5) is 7.58. The lowest BCUT2D eigenvalue weighted by atomic mass is 9.97. The molecule has 0 radical (unpaired) electrons. The van der Waals surface area contributed by atoms with Crippen LogP contribution in [0.3, 0.4) is 0 Å². The van der Waals surface area contributed by atoms with Crippen molar-refractivity contribution >= 4 is 38.3 Å². The second-order valence-electron chi connectivity index (χ2n) is 6.78. The van der Waals surface area contributed by atoms with Gasteiger partial charge in [0.1, 0.15) is 16.2 Å². The first kappa shape index (κ1) is 17.4. The summed E-state index contributed by atoms with van der Waals surface area (Å²) in [6.07, 6.45) is 3.78. The Hall–Kier alpha value is -1.99. The van der Waals surface area contributed by atoms with Crippen LogP contribution in [0.25, 0.3) is 21.1 Å². The van der Waals surface area contributed by atoms with Crippen molar-refractivity contribution in [2.24, 2.45) is 5.92 Å². The fourth-order valence-electron chi connectivity index (χ4n) is 4.12. The van der Waals surface area contributed by atoms with Crippen molar-refractivity contribution in [2.45, 2.75) is 25.8 Å². The monoisotopic (exact) mass is 374 g/mol. The Morgan fingerprint density at radius 2 is 2.27 bits per heavy atom. The number of ether oxygens (including phenoxy) is 1. The largest absolute Gasteiger partial charge is 0.492 e. The maximum atomic E-state index is 14.8. The van der Waals surface area contributed by atoms with Crippen molar-refractivity contribution in [2.75, 3.05) is 32.1 Å². The van der Waals surface area contributed by atoms with Gasteiger partial charge >= 0.3 is 0 Å². The lowest BCUT2D eigenvalue weighted by Gasteiger charge is -2.25. The van der Waals surface area contributed by atoms with Crippen LogP contribution >= 0.6 is 11.5 Å². The number of halogens is 1. The molecule has 0 saturated carbocycles. The van der Waals surface area contributed by atoms with Gasteiger partial charge in [-0.1, -0.05) is 6.92 Å². The third-order valence-electron chi connectivity index (χ3n) is 5.50. The van der Waals surface area contributed by atoms with Gasteiger partial charge in [-0.25, -0.2) is 9.37 Å². The third-order valence-corrected chi connectivity index (χ3v) is 6.19. The van der Waals surface area contributed by atoms with E-state index in [1.807, 2.05) is 19.2 Å². The molecule has 0 spiro atoms. The zero-order valence-corrected chi connectivity index (χ0v) is 16.1. The third kappa shape index (κ3) is 2.70. The molecular weight excluding hydrogens is 351 g/mol. The molecule has 3 aromatic rings. The molecule has 0 amide bonds. The average Bonchev–Trinajstić information content (AvgIpc) is 3.32. The fourth-order valence-corrected chi connectivity index (χ4v) is 4.75. The Morgan fingerprint density at radius 3 is 3.00 bits per heavy atom. The van der Waals surface area contributed by atoms with Crippen LogP contribution < -0.4 is 15.0 Å². The van der Waals surface area contributed by atoms with Gasteiger partial charge in [0.05, 0.1) is 24.4 Å². The molecule has 0 bridgehead atoms. The van der Waals surface area contributed by atoms with Crippen molar-refractivity contribution in [3.05, 3.63) is 24.1 Å². The molecule has 1 aliphatic heterocycles. The van der Waals surface area contributed by atoms with Gasteiger partial charge in [-0.3, -0.25) is 0 Å². The predicted octanol–water partition coefficient (Wildman–Crippen LogP) is 3.82. The quantitative estimate of drug-likeness (QED) is 0.736. The predicted molar refractivity (Wildman–Crippen MR) is 105 cm³/mol. The zero-order chi connectivity index (χ0) is 18.3. The van der Waals surface area contributed by atoms with Crippen molar-refractivity contribution in [3.8, 4) is 5.75 Å². The zero-order valence-electron chi connectivity index (χ0n) is 15.3. The number of pyridine rings is 1. The minimum Gasteiger partial charge on any atom is -0.492 e. The number of hydrogen-bond donors (Lipinski definition) is 1. The van der Waals surface area contributed by atoms with E-state index in [1.54, 1.807) is 7.11 Å². The fraction of sp³-hybridized carbons (Fsp3) is 0.474. The van der Waals surface area contributed by atoms with Crippen LogP contribution in [0.1, 0.15) is 19.8 Å². The van der Waals surface area contributed by atoms with Gasteiger partial charge in [0, 0.05) is 24.5 Å². The van der Waals surface area contributed by atoms with E-state index in [9.17, 15) is 4.39 Å². The summed E-state index contributed by atoms with van der Waals surface area (Å²) in [7, 11) is 3.66. The van der Waals surface area contributed by atoms with Crippen molar-refractivity contribution < 1.29 is 9.13 Å². The van der Waals surface area contributed by atoms with Crippen LogP contribution in [0.5, 0.6) is 5.75 Å². The number of nitrogens with zero attached hydrogens (tertiary/aromatic N) is 3. The van der Waals surface area contributed by atoms with E-state index in [4.69, 9.17) is 4.74 Å². The summed E-state index contributed by atoms with van der Waals surface area (Å²) in [6, 6.07) is 4.29. The second-order valence-corrected chi connectivity index (χ2v) is 7.56. The Bertz CT molecular complexity index is 940. The van der Waals surface area contributed by atoms with Crippen LogP contribution in [0.4, 0.5) is 10.1 Å². The SMILES string of the molecule is CC[C@@H](NC)[C@H]1CCN(c2ccc3c(F)c4cnsc4nc3c2OC)C1. The molecular formula is C19H23FN4OS. The number of anilines is 1. The van der Waals surface area contributed by atoms with Gasteiger partial charge in [-0.05, 0) is 49.5 Å². The van der Waals surface area contributed by atoms with Crippen LogP contribution in [-0.4, -0.2) is 42.6 Å². The summed E-state index contributed by atoms with van der Waals surface area (Å²) in [5.41, 5.74) is 1.56. The van der Waals surface area contributed by atoms with Gasteiger partial charge in [-0.2, -0.15) is 4.37 Å². The van der Waals surface area contributed by atoms with E-state index in [1.165, 1.54) is 17.7 Å². The number of methoxy groups -OCH3 is 1. The minimum atomic E-state index is -0.274. The molecule has 0 aliphatic carbocycles. The second kappa shape index (κ2) is 6.96. The molecule has 138 valence electrons. The molecule has 26 heavy (non-hydrogen) atoms. The first-order valence-electron chi connectivity index (χ1n) is 9.00. The van der Waals surface area contributed by atoms with Gasteiger partial charge in [0.2, 0.25) is 0 Å². The van der Waals surface area contributed by atoms with Crippen LogP contribution in [-0.2, 0) is 0 Å². The molecule has 0 unspecified atom stereocenters. The molecule has 1 aromatic carbocycles. The number of aromatic nitrogens is 2. The Labute approximate surface area is 156 Å². The normalized spacial score (nSPS) is 18.8. The van der Waals surface area contributed by atoms with E-state index in [0.717, 1.165) is 31.6 Å². The topological polar surface area (TPSA) is 50.3 Å². The minimum absolute atomic E-state index is 0.274. The molecule has 4 rings (SSSR count). The molecule has 1 saturated heterocycles. The standard InChI is InChI=1S/C19H23FN4OS/c1-4-14(21-2)11-7-8-24(10-11)15-6-5-12-16(20)13-9-22-26-19(13)23-17(12)18(15)25-3/h5-6,9,11,14,21H,4,7-8,10H2,1-3H3/t11-,14+/m0/s1. The molecule has 1 N–H and O–H groups in total. The highest BCUT2D eigenvalue weighted by molar-refractivity contribution is 7.12. The highest BCUT2D eigenvalue weighted by Crippen LogP contribution is 2.40. The smallest absolute Gasteiger partial charge is 0.168 e. The van der Waals surface area contributed by atoms with Crippen molar-refractivity contribution in [3.63, 3.8) is 0 Å². The van der Waals surface area contributed by atoms with Crippen molar-refractivity contribution in [1.82, 2.24) is 14.7 Å². The van der Waals surface area contributed by atoms with E-state index in [-0.39, 0.29) is 5.82 Å². The number of nitrogens with one attached hydrogen (secondary N) is 1. The summed E-state index contributed by atoms with van der Waals surface area (Å²) in [6.45, 7) is 4.15. The van der Waals surface area contributed by atoms with Crippen LogP contribution in [0, 0.1) is 11.7 Å². The van der Waals surface area contributed by atoms with Crippen LogP contribution in [0.15, 0.2) is 18.3 Å². The summed E-state index contributed by atoms with van der Waals surface area (Å²) in [5.74, 6) is 0.970. The van der Waals surface area contributed by atoms with Crippen LogP contribution in [0.2, 0.25) is 0 Å². The van der Waals surface area contributed by atoms with E-state index < -0.39 is 0 Å². The van der Waals surface area contributed by atoms with Gasteiger partial charge in [-0.15, -0.1) is 0 Å². The molecule has 5 nitrogen and oxygen atoms in total. The highest BCUT2D eigenvalue weighted by atomic mass is 32.1. The molecule has 2 aromatic heterocycles. The van der Waals surface area contributed by atoms with E-state index in [2.05, 4.69) is 26.5 Å². The lowest BCUT2D eigenvalue weighted by Crippen LogP contribution is -2.34. The molecule has 1 fully saturated rings.